The van der Waals surface area contributed by atoms with Gasteiger partial charge in [-0.25, -0.2) is 0 Å². The molecular weight excluding hydrogens is 150 g/mol. The molecule has 2 heteroatoms. The summed E-state index contributed by atoms with van der Waals surface area (Å²) >= 11 is 0. The van der Waals surface area contributed by atoms with Crippen molar-refractivity contribution in [2.75, 3.05) is 14.1 Å². The van der Waals surface area contributed by atoms with Crippen molar-refractivity contribution < 1.29 is 4.79 Å². The molecule has 0 saturated carbocycles. The summed E-state index contributed by atoms with van der Waals surface area (Å²) in [6.07, 6.45) is 4.68. The van der Waals surface area contributed by atoms with Gasteiger partial charge in [0.2, 0.25) is 5.91 Å². The molecule has 0 aliphatic rings. The van der Waals surface area contributed by atoms with E-state index in [2.05, 4.69) is 6.92 Å². The normalized spacial score (nSPS) is 12.7. The first kappa shape index (κ1) is 11.5. The molecule has 1 amide bonds. The van der Waals surface area contributed by atoms with Crippen LogP contribution in [0, 0.1) is 5.92 Å². The number of amides is 1. The molecule has 0 rings (SSSR count). The first-order valence-corrected chi connectivity index (χ1v) is 4.80. The topological polar surface area (TPSA) is 20.3 Å². The van der Waals surface area contributed by atoms with Gasteiger partial charge in [0, 0.05) is 20.0 Å². The van der Waals surface area contributed by atoms with Gasteiger partial charge in [0.1, 0.15) is 0 Å². The van der Waals surface area contributed by atoms with Crippen LogP contribution in [-0.4, -0.2) is 24.9 Å². The number of rotatable bonds is 5. The fraction of sp³-hybridized carbons (Fsp3) is 0.900. The van der Waals surface area contributed by atoms with Crippen molar-refractivity contribution in [2.24, 2.45) is 5.92 Å². The Bertz CT molecular complexity index is 132. The van der Waals surface area contributed by atoms with Crippen molar-refractivity contribution >= 4 is 5.91 Å². The Morgan fingerprint density at radius 2 is 1.92 bits per heavy atom. The number of hydrogen-bond donors (Lipinski definition) is 0. The van der Waals surface area contributed by atoms with Crippen LogP contribution < -0.4 is 0 Å². The number of carbonyl (C=O) groups is 1. The molecule has 0 saturated heterocycles. The van der Waals surface area contributed by atoms with E-state index in [1.165, 1.54) is 19.3 Å². The molecule has 2 nitrogen and oxygen atoms in total. The van der Waals surface area contributed by atoms with Crippen LogP contribution in [0.1, 0.15) is 39.5 Å². The van der Waals surface area contributed by atoms with Crippen LogP contribution in [0.4, 0.5) is 0 Å². The van der Waals surface area contributed by atoms with Crippen LogP contribution in [-0.2, 0) is 4.79 Å². The summed E-state index contributed by atoms with van der Waals surface area (Å²) in [6.45, 7) is 4.19. The van der Waals surface area contributed by atoms with Gasteiger partial charge in [0.15, 0.2) is 0 Å². The molecule has 0 aliphatic heterocycles. The minimum Gasteiger partial charge on any atom is -0.349 e. The van der Waals surface area contributed by atoms with E-state index in [1.54, 1.807) is 4.90 Å². The largest absolute Gasteiger partial charge is 0.349 e. The maximum Gasteiger partial charge on any atom is 0.224 e. The van der Waals surface area contributed by atoms with Gasteiger partial charge in [0.25, 0.3) is 0 Å². The molecule has 0 bridgehead atoms. The smallest absolute Gasteiger partial charge is 0.224 e. The first-order valence-electron chi connectivity index (χ1n) is 4.80. The lowest BCUT2D eigenvalue weighted by Gasteiger charge is -2.16. The van der Waals surface area contributed by atoms with Gasteiger partial charge in [-0.1, -0.05) is 33.1 Å². The minimum absolute atomic E-state index is 0.201. The van der Waals surface area contributed by atoms with Gasteiger partial charge in [-0.2, -0.15) is 0 Å². The summed E-state index contributed by atoms with van der Waals surface area (Å²) in [7, 11) is 3.64. The number of carbonyl (C=O) groups excluding carboxylic acids is 1. The Morgan fingerprint density at radius 3 is 2.33 bits per heavy atom. The van der Waals surface area contributed by atoms with Crippen molar-refractivity contribution in [1.29, 1.82) is 0 Å². The number of nitrogens with zero attached hydrogens (tertiary/aromatic N) is 1. The zero-order chi connectivity index (χ0) is 9.56. The highest BCUT2D eigenvalue weighted by molar-refractivity contribution is 5.77. The molecule has 72 valence electrons. The Balaban J connectivity index is 3.57. The van der Waals surface area contributed by atoms with E-state index in [1.807, 2.05) is 21.0 Å². The molecule has 1 unspecified atom stereocenters. The second-order valence-electron chi connectivity index (χ2n) is 3.63. The third-order valence-corrected chi connectivity index (χ3v) is 2.10. The molecule has 0 aromatic carbocycles. The number of hydrogen-bond acceptors (Lipinski definition) is 1. The Hall–Kier alpha value is -0.530. The molecule has 0 radical (unpaired) electrons. The van der Waals surface area contributed by atoms with Gasteiger partial charge in [-0.3, -0.25) is 4.79 Å². The molecule has 1 atom stereocenters. The van der Waals surface area contributed by atoms with E-state index < -0.39 is 0 Å². The van der Waals surface area contributed by atoms with E-state index in [9.17, 15) is 4.79 Å². The summed E-state index contributed by atoms with van der Waals surface area (Å²) in [5.41, 5.74) is 0. The van der Waals surface area contributed by atoms with Crippen LogP contribution in [0.5, 0.6) is 0 Å². The second kappa shape index (κ2) is 6.04. The van der Waals surface area contributed by atoms with E-state index >= 15 is 0 Å². The average Bonchev–Trinajstić information content (AvgIpc) is 2.03. The predicted octanol–water partition coefficient (Wildman–Crippen LogP) is 2.29. The molecule has 12 heavy (non-hydrogen) atoms. The molecule has 0 aliphatic carbocycles. The van der Waals surface area contributed by atoms with Gasteiger partial charge in [-0.05, 0) is 6.42 Å². The lowest BCUT2D eigenvalue weighted by molar-refractivity contribution is -0.132. The Kier molecular flexibility index (Phi) is 5.77. The first-order chi connectivity index (χ1) is 5.59. The van der Waals surface area contributed by atoms with E-state index in [4.69, 9.17) is 0 Å². The summed E-state index contributed by atoms with van der Waals surface area (Å²) in [4.78, 5) is 13.0. The van der Waals surface area contributed by atoms with Crippen LogP contribution >= 0.6 is 0 Å². The fourth-order valence-corrected chi connectivity index (χ4v) is 1.26. The van der Waals surface area contributed by atoms with Crippen LogP contribution in [0.15, 0.2) is 0 Å². The van der Waals surface area contributed by atoms with Crippen molar-refractivity contribution in [2.45, 2.75) is 39.5 Å². The molecule has 0 spiro atoms. The zero-order valence-corrected chi connectivity index (χ0v) is 8.76. The third kappa shape index (κ3) is 4.37. The average molecular weight is 171 g/mol. The van der Waals surface area contributed by atoms with E-state index in [0.29, 0.717) is 0 Å². The SMILES string of the molecule is CCCCCC(C)C(=O)N(C)C. The Morgan fingerprint density at radius 1 is 1.33 bits per heavy atom. The van der Waals surface area contributed by atoms with E-state index in [0.717, 1.165) is 6.42 Å². The molecule has 0 fully saturated rings. The molecule has 0 aromatic rings. The summed E-state index contributed by atoms with van der Waals surface area (Å²) in [6, 6.07) is 0. The maximum atomic E-state index is 11.4. The van der Waals surface area contributed by atoms with Gasteiger partial charge < -0.3 is 4.90 Å². The predicted molar refractivity (Wildman–Crippen MR) is 52.0 cm³/mol. The third-order valence-electron chi connectivity index (χ3n) is 2.10. The van der Waals surface area contributed by atoms with Gasteiger partial charge >= 0.3 is 0 Å². The summed E-state index contributed by atoms with van der Waals surface area (Å²) in [5, 5.41) is 0. The Labute approximate surface area is 75.9 Å². The standard InChI is InChI=1S/C10H21NO/c1-5-6-7-8-9(2)10(12)11(3)4/h9H,5-8H2,1-4H3. The maximum absolute atomic E-state index is 11.4. The summed E-state index contributed by atoms with van der Waals surface area (Å²) in [5.74, 6) is 0.456. The van der Waals surface area contributed by atoms with Crippen LogP contribution in [0.25, 0.3) is 0 Å². The number of unbranched alkanes of at least 4 members (excludes halogenated alkanes) is 2. The van der Waals surface area contributed by atoms with Gasteiger partial charge in [-0.15, -0.1) is 0 Å². The van der Waals surface area contributed by atoms with Crippen molar-refractivity contribution in [3.05, 3.63) is 0 Å². The van der Waals surface area contributed by atoms with E-state index in [-0.39, 0.29) is 11.8 Å². The van der Waals surface area contributed by atoms with Gasteiger partial charge in [0.05, 0.1) is 0 Å². The molecule has 0 N–H and O–H groups in total. The van der Waals surface area contributed by atoms with Crippen molar-refractivity contribution in [3.8, 4) is 0 Å². The summed E-state index contributed by atoms with van der Waals surface area (Å²) < 4.78 is 0. The highest BCUT2D eigenvalue weighted by atomic mass is 16.2. The van der Waals surface area contributed by atoms with Crippen LogP contribution in [0.3, 0.4) is 0 Å². The lowest BCUT2D eigenvalue weighted by atomic mass is 10.0. The molecule has 0 heterocycles. The quantitative estimate of drug-likeness (QED) is 0.581. The zero-order valence-electron chi connectivity index (χ0n) is 8.76. The highest BCUT2D eigenvalue weighted by Gasteiger charge is 2.13. The fourth-order valence-electron chi connectivity index (χ4n) is 1.26. The molecular formula is C10H21NO. The second-order valence-corrected chi connectivity index (χ2v) is 3.63. The highest BCUT2D eigenvalue weighted by Crippen LogP contribution is 2.10. The lowest BCUT2D eigenvalue weighted by Crippen LogP contribution is -2.27. The van der Waals surface area contributed by atoms with Crippen LogP contribution in [0.2, 0.25) is 0 Å². The van der Waals surface area contributed by atoms with Crippen molar-refractivity contribution in [1.82, 2.24) is 4.90 Å². The minimum atomic E-state index is 0.201. The van der Waals surface area contributed by atoms with Crippen molar-refractivity contribution in [3.63, 3.8) is 0 Å². The monoisotopic (exact) mass is 171 g/mol. The molecule has 0 aromatic heterocycles.